The van der Waals surface area contributed by atoms with Gasteiger partial charge in [0.15, 0.2) is 4.77 Å². The molecule has 5 rings (SSSR count). The highest BCUT2D eigenvalue weighted by Crippen LogP contribution is 2.26. The van der Waals surface area contributed by atoms with Crippen molar-refractivity contribution in [2.75, 3.05) is 6.54 Å². The van der Waals surface area contributed by atoms with Gasteiger partial charge in [-0.1, -0.05) is 18.2 Å². The largest absolute Gasteiger partial charge is 0.334 e. The summed E-state index contributed by atoms with van der Waals surface area (Å²) in [4.78, 5) is 14.1. The topological polar surface area (TPSA) is 62.6 Å². The Hall–Kier alpha value is -3.16. The molecule has 0 atom stereocenters. The Morgan fingerprint density at radius 2 is 1.90 bits per heavy atom. The molecule has 0 saturated carbocycles. The van der Waals surface area contributed by atoms with Gasteiger partial charge < -0.3 is 4.98 Å². The van der Waals surface area contributed by atoms with Crippen molar-refractivity contribution in [1.29, 1.82) is 0 Å². The van der Waals surface area contributed by atoms with Gasteiger partial charge in [-0.05, 0) is 36.5 Å². The Balaban J connectivity index is 1.48. The molecule has 0 spiro atoms. The van der Waals surface area contributed by atoms with Crippen LogP contribution in [0.1, 0.15) is 16.8 Å². The summed E-state index contributed by atoms with van der Waals surface area (Å²) in [6.07, 6.45) is 8.60. The van der Waals surface area contributed by atoms with Crippen molar-refractivity contribution in [3.8, 4) is 16.9 Å². The van der Waals surface area contributed by atoms with Gasteiger partial charge in [-0.15, -0.1) is 0 Å². The number of nitrogens with zero attached hydrogens (tertiary/aromatic N) is 5. The van der Waals surface area contributed by atoms with E-state index in [1.807, 2.05) is 53.6 Å². The van der Waals surface area contributed by atoms with Crippen LogP contribution in [0.4, 0.5) is 0 Å². The minimum absolute atomic E-state index is 0.557. The average molecular weight is 401 g/mol. The summed E-state index contributed by atoms with van der Waals surface area (Å²) < 4.78 is 2.52. The highest BCUT2D eigenvalue weighted by atomic mass is 32.1. The molecule has 0 bridgehead atoms. The zero-order valence-electron chi connectivity index (χ0n) is 15.8. The molecule has 4 aromatic rings. The fourth-order valence-corrected chi connectivity index (χ4v) is 3.95. The van der Waals surface area contributed by atoms with Gasteiger partial charge >= 0.3 is 0 Å². The van der Waals surface area contributed by atoms with E-state index in [9.17, 15) is 0 Å². The van der Waals surface area contributed by atoms with Crippen molar-refractivity contribution in [2.24, 2.45) is 0 Å². The van der Waals surface area contributed by atoms with Gasteiger partial charge in [0.1, 0.15) is 0 Å². The Morgan fingerprint density at radius 1 is 1.07 bits per heavy atom. The first-order valence-electron chi connectivity index (χ1n) is 9.60. The minimum atomic E-state index is 0.557. The van der Waals surface area contributed by atoms with Gasteiger partial charge in [-0.3, -0.25) is 9.88 Å². The number of nitrogens with one attached hydrogen (secondary N) is 1. The number of rotatable bonds is 4. The second kappa shape index (κ2) is 7.69. The summed E-state index contributed by atoms with van der Waals surface area (Å²) in [5.41, 5.74) is 6.73. The Morgan fingerprint density at radius 3 is 2.72 bits per heavy atom. The van der Waals surface area contributed by atoms with Crippen LogP contribution in [0.3, 0.4) is 0 Å². The summed E-state index contributed by atoms with van der Waals surface area (Å²) in [7, 11) is 0. The normalized spacial score (nSPS) is 13.9. The highest BCUT2D eigenvalue weighted by molar-refractivity contribution is 7.71. The molecule has 0 unspecified atom stereocenters. The molecule has 0 fully saturated rings. The van der Waals surface area contributed by atoms with E-state index < -0.39 is 0 Å². The van der Waals surface area contributed by atoms with Crippen molar-refractivity contribution in [1.82, 2.24) is 29.6 Å². The van der Waals surface area contributed by atoms with Gasteiger partial charge in [0.25, 0.3) is 0 Å². The molecule has 4 heterocycles. The second-order valence-corrected chi connectivity index (χ2v) is 7.56. The summed E-state index contributed by atoms with van der Waals surface area (Å²) in [5, 5.41) is 4.90. The van der Waals surface area contributed by atoms with Crippen molar-refractivity contribution >= 4 is 12.2 Å². The van der Waals surface area contributed by atoms with E-state index >= 15 is 0 Å². The van der Waals surface area contributed by atoms with E-state index in [1.165, 1.54) is 16.8 Å². The summed E-state index contributed by atoms with van der Waals surface area (Å²) >= 11 is 5.16. The molecule has 1 aliphatic rings. The van der Waals surface area contributed by atoms with E-state index in [0.717, 1.165) is 43.0 Å². The summed E-state index contributed by atoms with van der Waals surface area (Å²) in [6.45, 7) is 2.63. The van der Waals surface area contributed by atoms with Crippen LogP contribution in [0.25, 0.3) is 16.9 Å². The first-order valence-corrected chi connectivity index (χ1v) is 10.0. The highest BCUT2D eigenvalue weighted by Gasteiger charge is 2.20. The van der Waals surface area contributed by atoms with Crippen LogP contribution >= 0.6 is 12.2 Å². The average Bonchev–Trinajstić information content (AvgIpc) is 3.19. The molecule has 0 saturated heterocycles. The van der Waals surface area contributed by atoms with Crippen LogP contribution in [-0.2, 0) is 19.5 Å². The third-order valence-electron chi connectivity index (χ3n) is 5.21. The predicted octanol–water partition coefficient (Wildman–Crippen LogP) is 3.95. The van der Waals surface area contributed by atoms with E-state index in [-0.39, 0.29) is 0 Å². The van der Waals surface area contributed by atoms with Crippen molar-refractivity contribution < 1.29 is 0 Å². The first kappa shape index (κ1) is 17.9. The molecule has 7 heteroatoms. The molecule has 29 heavy (non-hydrogen) atoms. The SMILES string of the molecule is S=c1ncc2c([nH]1)CCN(Cc1cn(-c3ccccc3)nc1-c1ccncc1)C2. The van der Waals surface area contributed by atoms with Crippen molar-refractivity contribution in [2.45, 2.75) is 19.5 Å². The lowest BCUT2D eigenvalue weighted by Gasteiger charge is -2.28. The quantitative estimate of drug-likeness (QED) is 0.526. The maximum Gasteiger partial charge on any atom is 0.196 e. The maximum atomic E-state index is 5.16. The van der Waals surface area contributed by atoms with E-state index in [0.29, 0.717) is 4.77 Å². The Bertz CT molecular complexity index is 1180. The maximum absolute atomic E-state index is 5.16. The van der Waals surface area contributed by atoms with E-state index in [2.05, 4.69) is 38.2 Å². The third-order valence-corrected chi connectivity index (χ3v) is 5.42. The van der Waals surface area contributed by atoms with Gasteiger partial charge in [0, 0.05) is 73.2 Å². The van der Waals surface area contributed by atoms with Crippen LogP contribution in [0.15, 0.2) is 67.3 Å². The standard InChI is InChI=1S/C22H20N6S/c29-22-24-12-17-13-27(11-8-20(17)25-22)14-18-15-28(19-4-2-1-3-5-19)26-21(18)16-6-9-23-10-7-16/h1-7,9-10,12,15H,8,11,13-14H2,(H,24,25,29). The fraction of sp³-hybridized carbons (Fsp3) is 0.182. The molecule has 144 valence electrons. The monoisotopic (exact) mass is 400 g/mol. The number of hydrogen-bond donors (Lipinski definition) is 1. The lowest BCUT2D eigenvalue weighted by atomic mass is 10.1. The molecular formula is C22H20N6S. The molecule has 0 amide bonds. The third kappa shape index (κ3) is 3.74. The van der Waals surface area contributed by atoms with Crippen LogP contribution in [0, 0.1) is 4.77 Å². The molecule has 0 radical (unpaired) electrons. The zero-order chi connectivity index (χ0) is 19.6. The zero-order valence-corrected chi connectivity index (χ0v) is 16.6. The molecule has 1 aliphatic heterocycles. The van der Waals surface area contributed by atoms with Crippen molar-refractivity contribution in [3.63, 3.8) is 0 Å². The lowest BCUT2D eigenvalue weighted by molar-refractivity contribution is 0.243. The van der Waals surface area contributed by atoms with Crippen LogP contribution in [0.5, 0.6) is 0 Å². The molecule has 1 aromatic carbocycles. The number of para-hydroxylation sites is 1. The second-order valence-electron chi connectivity index (χ2n) is 7.17. The number of aromatic amines is 1. The minimum Gasteiger partial charge on any atom is -0.334 e. The van der Waals surface area contributed by atoms with E-state index in [1.54, 1.807) is 0 Å². The molecule has 0 aliphatic carbocycles. The van der Waals surface area contributed by atoms with Gasteiger partial charge in [0.2, 0.25) is 0 Å². The Kier molecular flexibility index (Phi) is 4.75. The predicted molar refractivity (Wildman–Crippen MR) is 114 cm³/mol. The fourth-order valence-electron chi connectivity index (χ4n) is 3.77. The number of H-pyrrole nitrogens is 1. The Labute approximate surface area is 173 Å². The number of hydrogen-bond acceptors (Lipinski definition) is 5. The summed E-state index contributed by atoms with van der Waals surface area (Å²) in [5.74, 6) is 0. The van der Waals surface area contributed by atoms with Gasteiger partial charge in [-0.2, -0.15) is 5.10 Å². The van der Waals surface area contributed by atoms with Gasteiger partial charge in [0.05, 0.1) is 11.4 Å². The number of fused-ring (bicyclic) bond motifs is 1. The van der Waals surface area contributed by atoms with Crippen LogP contribution in [0.2, 0.25) is 0 Å². The number of pyridine rings is 1. The summed E-state index contributed by atoms with van der Waals surface area (Å²) in [6, 6.07) is 14.2. The first-order chi connectivity index (χ1) is 14.3. The molecule has 3 aromatic heterocycles. The number of aromatic nitrogens is 5. The molecule has 1 N–H and O–H groups in total. The van der Waals surface area contributed by atoms with Crippen LogP contribution in [-0.4, -0.2) is 36.2 Å². The molecule has 6 nitrogen and oxygen atoms in total. The van der Waals surface area contributed by atoms with E-state index in [4.69, 9.17) is 17.3 Å². The van der Waals surface area contributed by atoms with Crippen LogP contribution < -0.4 is 0 Å². The van der Waals surface area contributed by atoms with Gasteiger partial charge in [-0.25, -0.2) is 9.67 Å². The van der Waals surface area contributed by atoms with Crippen molar-refractivity contribution in [3.05, 3.63) is 88.8 Å². The lowest BCUT2D eigenvalue weighted by Crippen LogP contribution is -2.30. The molecular weight excluding hydrogens is 380 g/mol. The number of benzene rings is 1. The smallest absolute Gasteiger partial charge is 0.196 e.